The number of hydrogen-bond donors (Lipinski definition) is 0. The number of fused-ring (bicyclic) bond motifs is 4. The number of ether oxygens (including phenoxy) is 2. The fourth-order valence-electron chi connectivity index (χ4n) is 4.45. The maximum atomic E-state index is 12.5. The number of methoxy groups -OCH3 is 1. The number of ketones is 1. The van der Waals surface area contributed by atoms with Gasteiger partial charge in [-0.15, -0.1) is 11.6 Å². The highest BCUT2D eigenvalue weighted by Crippen LogP contribution is 2.81. The molecule has 4 nitrogen and oxygen atoms in total. The third kappa shape index (κ3) is 0.745. The quantitative estimate of drug-likeness (QED) is 0.534. The highest BCUT2D eigenvalue weighted by atomic mass is 35.5. The van der Waals surface area contributed by atoms with Crippen LogP contribution in [0.15, 0.2) is 0 Å². The molecular formula is C13H15ClO4. The molecule has 3 atom stereocenters. The summed E-state index contributed by atoms with van der Waals surface area (Å²) in [6, 6.07) is 0. The zero-order chi connectivity index (χ0) is 13.0. The van der Waals surface area contributed by atoms with Crippen LogP contribution in [0, 0.1) is 10.8 Å². The van der Waals surface area contributed by atoms with Crippen LogP contribution in [0.4, 0.5) is 0 Å². The van der Waals surface area contributed by atoms with Crippen LogP contribution in [0.1, 0.15) is 32.6 Å². The smallest absolute Gasteiger partial charge is 0.330 e. The first-order chi connectivity index (χ1) is 8.40. The maximum Gasteiger partial charge on any atom is 0.330 e. The van der Waals surface area contributed by atoms with E-state index in [-0.39, 0.29) is 5.78 Å². The minimum absolute atomic E-state index is 0.169. The van der Waals surface area contributed by atoms with E-state index in [0.717, 1.165) is 25.7 Å². The van der Waals surface area contributed by atoms with Crippen LogP contribution < -0.4 is 0 Å². The van der Waals surface area contributed by atoms with Crippen molar-refractivity contribution in [1.82, 2.24) is 0 Å². The molecule has 2 bridgehead atoms. The summed E-state index contributed by atoms with van der Waals surface area (Å²) < 4.78 is 10.9. The van der Waals surface area contributed by atoms with Gasteiger partial charge in [0.05, 0.1) is 12.5 Å². The van der Waals surface area contributed by atoms with Crippen LogP contribution in [0.2, 0.25) is 0 Å². The molecule has 4 aliphatic rings. The molecule has 0 aromatic rings. The molecule has 0 aromatic carbocycles. The lowest BCUT2D eigenvalue weighted by atomic mass is 9.61. The van der Waals surface area contributed by atoms with E-state index in [9.17, 15) is 9.59 Å². The summed E-state index contributed by atoms with van der Waals surface area (Å²) in [4.78, 5) is 23.5. The average molecular weight is 271 g/mol. The molecule has 2 saturated heterocycles. The van der Waals surface area contributed by atoms with Gasteiger partial charge < -0.3 is 9.47 Å². The SMILES string of the molecule is COC(=O)[C@@]1(Cl)C2(CC2)[C@H]2O[C@@]1(C)C1(CC1)C2=O. The van der Waals surface area contributed by atoms with Crippen LogP contribution in [-0.4, -0.2) is 35.4 Å². The molecule has 0 radical (unpaired) electrons. The van der Waals surface area contributed by atoms with Crippen molar-refractivity contribution in [3.63, 3.8) is 0 Å². The second-order valence-corrected chi connectivity index (χ2v) is 6.85. The Kier molecular flexibility index (Phi) is 1.64. The summed E-state index contributed by atoms with van der Waals surface area (Å²) in [5, 5.41) is 0. The zero-order valence-electron chi connectivity index (χ0n) is 10.4. The van der Waals surface area contributed by atoms with Crippen LogP contribution in [0.25, 0.3) is 0 Å². The van der Waals surface area contributed by atoms with E-state index < -0.39 is 33.4 Å². The second-order valence-electron chi connectivity index (χ2n) is 6.28. The molecule has 0 aromatic heterocycles. The van der Waals surface area contributed by atoms with Gasteiger partial charge in [-0.05, 0) is 32.6 Å². The average Bonchev–Trinajstić information content (AvgIpc) is 3.23. The molecule has 4 rings (SSSR count). The van der Waals surface area contributed by atoms with Gasteiger partial charge in [0.2, 0.25) is 0 Å². The molecule has 5 heteroatoms. The second kappa shape index (κ2) is 2.63. The first kappa shape index (κ1) is 11.2. The van der Waals surface area contributed by atoms with E-state index in [0.29, 0.717) is 0 Å². The van der Waals surface area contributed by atoms with E-state index in [1.54, 1.807) is 0 Å². The van der Waals surface area contributed by atoms with E-state index in [2.05, 4.69) is 0 Å². The molecule has 2 spiro atoms. The summed E-state index contributed by atoms with van der Waals surface area (Å²) in [6.45, 7) is 1.83. The van der Waals surface area contributed by atoms with E-state index in [1.165, 1.54) is 7.11 Å². The predicted octanol–water partition coefficient (Wildman–Crippen LogP) is 1.44. The van der Waals surface area contributed by atoms with Gasteiger partial charge in [-0.3, -0.25) is 9.59 Å². The number of Topliss-reactive ketones (excluding diaryl/α,β-unsaturated/α-hetero) is 1. The molecule has 2 aliphatic carbocycles. The Labute approximate surface area is 110 Å². The van der Waals surface area contributed by atoms with Gasteiger partial charge in [-0.1, -0.05) is 0 Å². The number of esters is 1. The largest absolute Gasteiger partial charge is 0.468 e. The summed E-state index contributed by atoms with van der Waals surface area (Å²) in [6.07, 6.45) is 2.60. The summed E-state index contributed by atoms with van der Waals surface area (Å²) in [5.74, 6) is -0.270. The number of carbonyl (C=O) groups excluding carboxylic acids is 2. The Hall–Kier alpha value is -0.610. The van der Waals surface area contributed by atoms with Gasteiger partial charge in [0.1, 0.15) is 11.7 Å². The zero-order valence-corrected chi connectivity index (χ0v) is 11.2. The molecule has 0 amide bonds. The highest BCUT2D eigenvalue weighted by molar-refractivity contribution is 6.37. The molecule has 18 heavy (non-hydrogen) atoms. The summed E-state index contributed by atoms with van der Waals surface area (Å²) >= 11 is 6.75. The number of hydrogen-bond acceptors (Lipinski definition) is 4. The van der Waals surface area contributed by atoms with Crippen molar-refractivity contribution in [1.29, 1.82) is 0 Å². The van der Waals surface area contributed by atoms with Gasteiger partial charge in [-0.25, -0.2) is 0 Å². The first-order valence-corrected chi connectivity index (χ1v) is 6.77. The Morgan fingerprint density at radius 2 is 2.00 bits per heavy atom. The lowest BCUT2D eigenvalue weighted by Gasteiger charge is -2.44. The van der Waals surface area contributed by atoms with Crippen LogP contribution >= 0.6 is 11.6 Å². The van der Waals surface area contributed by atoms with Crippen molar-refractivity contribution in [3.05, 3.63) is 0 Å². The normalized spacial score (nSPS) is 48.8. The molecular weight excluding hydrogens is 256 g/mol. The number of halogens is 1. The maximum absolute atomic E-state index is 12.5. The lowest BCUT2D eigenvalue weighted by molar-refractivity contribution is -0.153. The summed E-state index contributed by atoms with van der Waals surface area (Å²) in [5.41, 5.74) is -1.93. The molecule has 0 unspecified atom stereocenters. The minimum Gasteiger partial charge on any atom is -0.468 e. The van der Waals surface area contributed by atoms with E-state index in [1.807, 2.05) is 6.92 Å². The molecule has 2 aliphatic heterocycles. The van der Waals surface area contributed by atoms with E-state index >= 15 is 0 Å². The van der Waals surface area contributed by atoms with Crippen molar-refractivity contribution in [3.8, 4) is 0 Å². The number of rotatable bonds is 1. The van der Waals surface area contributed by atoms with Crippen LogP contribution in [-0.2, 0) is 19.1 Å². The standard InChI is InChI=1S/C13H15ClO4/c1-10-11(3-4-11)7(15)8(18-10)12(5-6-12)13(10,14)9(16)17-2/h8H,3-6H2,1-2H3/t8-,10-,13-/m0/s1. The van der Waals surface area contributed by atoms with Gasteiger partial charge in [0.25, 0.3) is 0 Å². The van der Waals surface area contributed by atoms with Crippen molar-refractivity contribution in [2.75, 3.05) is 7.11 Å². The lowest BCUT2D eigenvalue weighted by Crippen LogP contribution is -2.64. The summed E-state index contributed by atoms with van der Waals surface area (Å²) in [7, 11) is 1.35. The number of carbonyl (C=O) groups is 2. The predicted molar refractivity (Wildman–Crippen MR) is 62.2 cm³/mol. The minimum atomic E-state index is -1.19. The van der Waals surface area contributed by atoms with Crippen LogP contribution in [0.3, 0.4) is 0 Å². The van der Waals surface area contributed by atoms with Crippen molar-refractivity contribution >= 4 is 23.4 Å². The molecule has 98 valence electrons. The van der Waals surface area contributed by atoms with Crippen LogP contribution in [0.5, 0.6) is 0 Å². The Morgan fingerprint density at radius 3 is 2.44 bits per heavy atom. The Balaban J connectivity index is 1.94. The first-order valence-electron chi connectivity index (χ1n) is 6.39. The van der Waals surface area contributed by atoms with Crippen molar-refractivity contribution in [2.24, 2.45) is 10.8 Å². The monoisotopic (exact) mass is 270 g/mol. The fraction of sp³-hybridized carbons (Fsp3) is 0.846. The molecule has 0 N–H and O–H groups in total. The molecule has 4 fully saturated rings. The van der Waals surface area contributed by atoms with Crippen molar-refractivity contribution in [2.45, 2.75) is 49.2 Å². The fourth-order valence-corrected chi connectivity index (χ4v) is 5.04. The molecule has 2 heterocycles. The Morgan fingerprint density at radius 1 is 1.39 bits per heavy atom. The topological polar surface area (TPSA) is 52.6 Å². The van der Waals surface area contributed by atoms with E-state index in [4.69, 9.17) is 21.1 Å². The third-order valence-corrected chi connectivity index (χ3v) is 6.72. The highest BCUT2D eigenvalue weighted by Gasteiger charge is 2.92. The molecule has 2 saturated carbocycles. The van der Waals surface area contributed by atoms with Gasteiger partial charge >= 0.3 is 5.97 Å². The van der Waals surface area contributed by atoms with Gasteiger partial charge in [0.15, 0.2) is 10.7 Å². The Bertz CT molecular complexity index is 493. The number of alkyl halides is 1. The third-order valence-electron chi connectivity index (χ3n) is 5.83. The van der Waals surface area contributed by atoms with Gasteiger partial charge in [0, 0.05) is 5.41 Å². The van der Waals surface area contributed by atoms with Crippen molar-refractivity contribution < 1.29 is 19.1 Å². The van der Waals surface area contributed by atoms with Gasteiger partial charge in [-0.2, -0.15) is 0 Å².